The smallest absolute Gasteiger partial charge is 0.185 e. The predicted molar refractivity (Wildman–Crippen MR) is 79.4 cm³/mol. The van der Waals surface area contributed by atoms with Crippen molar-refractivity contribution in [3.63, 3.8) is 0 Å². The van der Waals surface area contributed by atoms with Crippen molar-refractivity contribution in [2.75, 3.05) is 23.3 Å². The lowest BCUT2D eigenvalue weighted by Gasteiger charge is -2.16. The van der Waals surface area contributed by atoms with E-state index in [9.17, 15) is 8.78 Å². The Morgan fingerprint density at radius 2 is 1.95 bits per heavy atom. The number of hydrogen-bond acceptors (Lipinski definition) is 4. The van der Waals surface area contributed by atoms with Crippen LogP contribution in [-0.4, -0.2) is 18.1 Å². The molecule has 20 heavy (non-hydrogen) atoms. The van der Waals surface area contributed by atoms with Crippen LogP contribution in [0.5, 0.6) is 0 Å². The third-order valence-electron chi connectivity index (χ3n) is 2.96. The molecule has 1 heterocycles. The molecule has 1 aromatic carbocycles. The molecule has 0 aliphatic heterocycles. The molecular formula is C14H17F2N3S. The average molecular weight is 297 g/mol. The minimum atomic E-state index is -0.844. The summed E-state index contributed by atoms with van der Waals surface area (Å²) in [5, 5.41) is 4.05. The first kappa shape index (κ1) is 14.7. The second kappa shape index (κ2) is 6.65. The molecule has 3 nitrogen and oxygen atoms in total. The van der Waals surface area contributed by atoms with Crippen LogP contribution in [0.4, 0.5) is 19.6 Å². The van der Waals surface area contributed by atoms with Gasteiger partial charge in [0, 0.05) is 35.9 Å². The van der Waals surface area contributed by atoms with Crippen LogP contribution in [0.15, 0.2) is 24.4 Å². The monoisotopic (exact) mass is 297 g/mol. The number of rotatable bonds is 6. The minimum Gasteiger partial charge on any atom is -0.380 e. The van der Waals surface area contributed by atoms with Gasteiger partial charge < -0.3 is 10.2 Å². The van der Waals surface area contributed by atoms with E-state index in [0.717, 1.165) is 35.2 Å². The molecule has 1 aromatic heterocycles. The highest BCUT2D eigenvalue weighted by Gasteiger charge is 2.08. The first-order valence-electron chi connectivity index (χ1n) is 6.52. The van der Waals surface area contributed by atoms with Gasteiger partial charge in [-0.05, 0) is 26.0 Å². The van der Waals surface area contributed by atoms with Crippen LogP contribution in [0.25, 0.3) is 0 Å². The van der Waals surface area contributed by atoms with Crippen LogP contribution in [-0.2, 0) is 6.54 Å². The van der Waals surface area contributed by atoms with Crippen molar-refractivity contribution in [3.8, 4) is 0 Å². The lowest BCUT2D eigenvalue weighted by atomic mass is 10.3. The fraction of sp³-hybridized carbons (Fsp3) is 0.357. The number of anilines is 2. The molecule has 0 saturated carbocycles. The Kier molecular flexibility index (Phi) is 4.89. The Labute approximate surface area is 121 Å². The van der Waals surface area contributed by atoms with Gasteiger partial charge in [-0.1, -0.05) is 0 Å². The van der Waals surface area contributed by atoms with E-state index < -0.39 is 11.6 Å². The second-order valence-corrected chi connectivity index (χ2v) is 5.36. The molecule has 108 valence electrons. The van der Waals surface area contributed by atoms with Crippen molar-refractivity contribution >= 4 is 22.2 Å². The van der Waals surface area contributed by atoms with Gasteiger partial charge in [-0.15, -0.1) is 11.3 Å². The molecular weight excluding hydrogens is 280 g/mol. The van der Waals surface area contributed by atoms with Gasteiger partial charge in [0.25, 0.3) is 0 Å². The maximum absolute atomic E-state index is 13.1. The molecule has 0 spiro atoms. The van der Waals surface area contributed by atoms with Crippen LogP contribution in [0.1, 0.15) is 18.7 Å². The van der Waals surface area contributed by atoms with Gasteiger partial charge in [0.15, 0.2) is 16.8 Å². The van der Waals surface area contributed by atoms with E-state index in [2.05, 4.69) is 29.0 Å². The summed E-state index contributed by atoms with van der Waals surface area (Å²) in [6, 6.07) is 3.79. The van der Waals surface area contributed by atoms with Crippen molar-refractivity contribution in [1.82, 2.24) is 4.98 Å². The third kappa shape index (κ3) is 3.45. The molecule has 0 aliphatic carbocycles. The van der Waals surface area contributed by atoms with Gasteiger partial charge in [0.1, 0.15) is 0 Å². The topological polar surface area (TPSA) is 28.2 Å². The molecule has 6 heteroatoms. The summed E-state index contributed by atoms with van der Waals surface area (Å²) in [5.41, 5.74) is 0.557. The Bertz CT molecular complexity index is 567. The number of nitrogens with zero attached hydrogens (tertiary/aromatic N) is 2. The van der Waals surface area contributed by atoms with Gasteiger partial charge in [0.2, 0.25) is 0 Å². The summed E-state index contributed by atoms with van der Waals surface area (Å²) in [7, 11) is 0. The predicted octanol–water partition coefficient (Wildman–Crippen LogP) is 3.88. The van der Waals surface area contributed by atoms with Crippen LogP contribution in [0.3, 0.4) is 0 Å². The molecule has 0 unspecified atom stereocenters. The normalized spacial score (nSPS) is 10.6. The molecule has 0 aliphatic rings. The highest BCUT2D eigenvalue weighted by atomic mass is 32.1. The van der Waals surface area contributed by atoms with Crippen molar-refractivity contribution in [2.45, 2.75) is 20.4 Å². The summed E-state index contributed by atoms with van der Waals surface area (Å²) in [5.74, 6) is -1.68. The molecule has 0 atom stereocenters. The van der Waals surface area contributed by atoms with Gasteiger partial charge in [-0.3, -0.25) is 0 Å². The lowest BCUT2D eigenvalue weighted by Crippen LogP contribution is -2.21. The Morgan fingerprint density at radius 1 is 1.20 bits per heavy atom. The van der Waals surface area contributed by atoms with Crippen molar-refractivity contribution in [1.29, 1.82) is 0 Å². The third-order valence-corrected chi connectivity index (χ3v) is 4.02. The van der Waals surface area contributed by atoms with Crippen LogP contribution >= 0.6 is 11.3 Å². The Morgan fingerprint density at radius 3 is 2.60 bits per heavy atom. The zero-order valence-electron chi connectivity index (χ0n) is 11.5. The fourth-order valence-electron chi connectivity index (χ4n) is 1.81. The van der Waals surface area contributed by atoms with E-state index in [0.29, 0.717) is 12.2 Å². The Hall–Kier alpha value is -1.69. The van der Waals surface area contributed by atoms with Crippen LogP contribution in [0.2, 0.25) is 0 Å². The zero-order valence-corrected chi connectivity index (χ0v) is 12.3. The van der Waals surface area contributed by atoms with Crippen molar-refractivity contribution < 1.29 is 8.78 Å². The molecule has 1 N–H and O–H groups in total. The number of aromatic nitrogens is 1. The highest BCUT2D eigenvalue weighted by Crippen LogP contribution is 2.23. The van der Waals surface area contributed by atoms with E-state index in [4.69, 9.17) is 0 Å². The number of nitrogens with one attached hydrogen (secondary N) is 1. The zero-order chi connectivity index (χ0) is 14.5. The first-order valence-corrected chi connectivity index (χ1v) is 7.34. The summed E-state index contributed by atoms with van der Waals surface area (Å²) >= 11 is 1.60. The van der Waals surface area contributed by atoms with Crippen molar-refractivity contribution in [2.24, 2.45) is 0 Å². The molecule has 0 bridgehead atoms. The quantitative estimate of drug-likeness (QED) is 0.877. The molecule has 0 radical (unpaired) electrons. The van der Waals surface area contributed by atoms with E-state index in [1.807, 2.05) is 6.20 Å². The van der Waals surface area contributed by atoms with Gasteiger partial charge in [0.05, 0.1) is 6.54 Å². The SMILES string of the molecule is CCN(CC)c1ncc(CNc2ccc(F)c(F)c2)s1. The molecule has 0 fully saturated rings. The van der Waals surface area contributed by atoms with Gasteiger partial charge in [-0.25, -0.2) is 13.8 Å². The summed E-state index contributed by atoms with van der Waals surface area (Å²) in [6.07, 6.45) is 1.81. The number of halogens is 2. The van der Waals surface area contributed by atoms with Crippen LogP contribution < -0.4 is 10.2 Å². The van der Waals surface area contributed by atoms with E-state index in [1.54, 1.807) is 11.3 Å². The Balaban J connectivity index is 1.98. The number of benzene rings is 1. The fourth-order valence-corrected chi connectivity index (χ4v) is 2.79. The van der Waals surface area contributed by atoms with E-state index in [-0.39, 0.29) is 0 Å². The molecule has 0 saturated heterocycles. The summed E-state index contributed by atoms with van der Waals surface area (Å²) < 4.78 is 25.9. The van der Waals surface area contributed by atoms with E-state index >= 15 is 0 Å². The van der Waals surface area contributed by atoms with Crippen molar-refractivity contribution in [3.05, 3.63) is 40.9 Å². The summed E-state index contributed by atoms with van der Waals surface area (Å²) in [6.45, 7) is 6.55. The highest BCUT2D eigenvalue weighted by molar-refractivity contribution is 7.15. The first-order chi connectivity index (χ1) is 9.63. The van der Waals surface area contributed by atoms with Crippen LogP contribution in [0, 0.1) is 11.6 Å². The number of thiazole rings is 1. The average Bonchev–Trinajstić information content (AvgIpc) is 2.90. The minimum absolute atomic E-state index is 0.546. The molecule has 2 aromatic rings. The number of hydrogen-bond donors (Lipinski definition) is 1. The largest absolute Gasteiger partial charge is 0.380 e. The molecule has 2 rings (SSSR count). The maximum Gasteiger partial charge on any atom is 0.185 e. The standard InChI is InChI=1S/C14H17F2N3S/c1-3-19(4-2)14-18-9-11(20-14)8-17-10-5-6-12(15)13(16)7-10/h5-7,9,17H,3-4,8H2,1-2H3. The van der Waals surface area contributed by atoms with Gasteiger partial charge >= 0.3 is 0 Å². The second-order valence-electron chi connectivity index (χ2n) is 4.26. The van der Waals surface area contributed by atoms with Gasteiger partial charge in [-0.2, -0.15) is 0 Å². The lowest BCUT2D eigenvalue weighted by molar-refractivity contribution is 0.509. The van der Waals surface area contributed by atoms with E-state index in [1.165, 1.54) is 6.07 Å². The summed E-state index contributed by atoms with van der Waals surface area (Å²) in [4.78, 5) is 7.60. The maximum atomic E-state index is 13.1. The molecule has 0 amide bonds.